The van der Waals surface area contributed by atoms with E-state index < -0.39 is 0 Å². The van der Waals surface area contributed by atoms with Gasteiger partial charge >= 0.3 is 0 Å². The Morgan fingerprint density at radius 2 is 2.07 bits per heavy atom. The first-order valence-electron chi connectivity index (χ1n) is 5.27. The Hall–Kier alpha value is -0.0900. The van der Waals surface area contributed by atoms with Crippen LogP contribution in [0.15, 0.2) is 0 Å². The summed E-state index contributed by atoms with van der Waals surface area (Å²) < 4.78 is 0.792. The van der Waals surface area contributed by atoms with Gasteiger partial charge in [-0.3, -0.25) is 9.69 Å². The van der Waals surface area contributed by atoms with Crippen molar-refractivity contribution in [3.05, 3.63) is 0 Å². The molecule has 0 N–H and O–H groups in total. The average molecular weight is 229 g/mol. The first kappa shape index (κ1) is 10.4. The van der Waals surface area contributed by atoms with Crippen LogP contribution in [0, 0.1) is 5.92 Å². The molecule has 1 saturated heterocycles. The molecule has 4 heteroatoms. The molecule has 1 saturated carbocycles. The van der Waals surface area contributed by atoms with Gasteiger partial charge in [0.15, 0.2) is 0 Å². The molecular formula is C10H15NOS2. The maximum atomic E-state index is 12.0. The molecule has 78 valence electrons. The van der Waals surface area contributed by atoms with Gasteiger partial charge in [-0.2, -0.15) is 0 Å². The van der Waals surface area contributed by atoms with Gasteiger partial charge in [0.25, 0.3) is 0 Å². The van der Waals surface area contributed by atoms with Crippen molar-refractivity contribution >= 4 is 34.2 Å². The molecule has 0 atom stereocenters. The molecule has 0 aromatic carbocycles. The Balaban J connectivity index is 1.96. The third-order valence-corrected chi connectivity index (χ3v) is 4.41. The maximum absolute atomic E-state index is 12.0. The first-order valence-corrected chi connectivity index (χ1v) is 6.66. The Bertz CT molecular complexity index is 249. The molecule has 0 aromatic heterocycles. The monoisotopic (exact) mass is 229 g/mol. The molecule has 2 rings (SSSR count). The van der Waals surface area contributed by atoms with Crippen molar-refractivity contribution in [2.24, 2.45) is 5.92 Å². The molecule has 0 bridgehead atoms. The lowest BCUT2D eigenvalue weighted by Crippen LogP contribution is -2.36. The topological polar surface area (TPSA) is 20.3 Å². The van der Waals surface area contributed by atoms with E-state index in [4.69, 9.17) is 12.2 Å². The highest BCUT2D eigenvalue weighted by Crippen LogP contribution is 2.28. The van der Waals surface area contributed by atoms with Gasteiger partial charge in [-0.15, -0.1) is 0 Å². The van der Waals surface area contributed by atoms with Crippen molar-refractivity contribution in [3.8, 4) is 0 Å². The molecule has 0 unspecified atom stereocenters. The third kappa shape index (κ3) is 2.11. The number of thioether (sulfide) groups is 1. The van der Waals surface area contributed by atoms with E-state index in [1.165, 1.54) is 19.3 Å². The number of amides is 1. The summed E-state index contributed by atoms with van der Waals surface area (Å²) in [5.74, 6) is 1.54. The highest BCUT2D eigenvalue weighted by atomic mass is 32.2. The fraction of sp³-hybridized carbons (Fsp3) is 0.800. The summed E-state index contributed by atoms with van der Waals surface area (Å²) >= 11 is 6.79. The van der Waals surface area contributed by atoms with Gasteiger partial charge in [0, 0.05) is 18.2 Å². The SMILES string of the molecule is O=C(C1CCCCC1)N1CCSC1=S. The fourth-order valence-electron chi connectivity index (χ4n) is 2.16. The highest BCUT2D eigenvalue weighted by Gasteiger charge is 2.30. The van der Waals surface area contributed by atoms with Crippen LogP contribution >= 0.6 is 24.0 Å². The number of carbonyl (C=O) groups is 1. The number of rotatable bonds is 1. The molecule has 0 aromatic rings. The number of nitrogens with zero attached hydrogens (tertiary/aromatic N) is 1. The average Bonchev–Trinajstić information content (AvgIpc) is 2.65. The lowest BCUT2D eigenvalue weighted by Gasteiger charge is -2.25. The van der Waals surface area contributed by atoms with E-state index in [9.17, 15) is 4.79 Å². The Morgan fingerprint density at radius 1 is 1.36 bits per heavy atom. The zero-order chi connectivity index (χ0) is 9.97. The van der Waals surface area contributed by atoms with E-state index in [0.717, 1.165) is 29.5 Å². The van der Waals surface area contributed by atoms with Gasteiger partial charge in [-0.1, -0.05) is 43.2 Å². The van der Waals surface area contributed by atoms with Gasteiger partial charge in [0.2, 0.25) is 5.91 Å². The van der Waals surface area contributed by atoms with Crippen LogP contribution in [-0.2, 0) is 4.79 Å². The minimum Gasteiger partial charge on any atom is -0.297 e. The Morgan fingerprint density at radius 3 is 2.64 bits per heavy atom. The molecule has 0 radical (unpaired) electrons. The van der Waals surface area contributed by atoms with Crippen molar-refractivity contribution in [3.63, 3.8) is 0 Å². The van der Waals surface area contributed by atoms with Crippen molar-refractivity contribution in [1.82, 2.24) is 4.90 Å². The summed E-state index contributed by atoms with van der Waals surface area (Å²) in [5.41, 5.74) is 0. The van der Waals surface area contributed by atoms with Crippen LogP contribution in [0.5, 0.6) is 0 Å². The highest BCUT2D eigenvalue weighted by molar-refractivity contribution is 8.23. The molecule has 2 nitrogen and oxygen atoms in total. The lowest BCUT2D eigenvalue weighted by atomic mass is 9.88. The van der Waals surface area contributed by atoms with E-state index in [1.807, 2.05) is 4.90 Å². The summed E-state index contributed by atoms with van der Waals surface area (Å²) in [6, 6.07) is 0. The lowest BCUT2D eigenvalue weighted by molar-refractivity contribution is -0.132. The van der Waals surface area contributed by atoms with Crippen LogP contribution in [0.3, 0.4) is 0 Å². The van der Waals surface area contributed by atoms with E-state index >= 15 is 0 Å². The van der Waals surface area contributed by atoms with Crippen molar-refractivity contribution in [2.75, 3.05) is 12.3 Å². The minimum absolute atomic E-state index is 0.264. The van der Waals surface area contributed by atoms with E-state index in [1.54, 1.807) is 11.8 Å². The molecule has 14 heavy (non-hydrogen) atoms. The molecule has 1 amide bonds. The van der Waals surface area contributed by atoms with Gasteiger partial charge in [0.05, 0.1) is 0 Å². The van der Waals surface area contributed by atoms with Crippen LogP contribution in [0.4, 0.5) is 0 Å². The molecular weight excluding hydrogens is 214 g/mol. The zero-order valence-corrected chi connectivity index (χ0v) is 9.83. The quantitative estimate of drug-likeness (QED) is 0.644. The summed E-state index contributed by atoms with van der Waals surface area (Å²) in [5, 5.41) is 0. The Kier molecular flexibility index (Phi) is 3.44. The predicted octanol–water partition coefficient (Wildman–Crippen LogP) is 2.43. The van der Waals surface area contributed by atoms with Gasteiger partial charge in [0.1, 0.15) is 4.32 Å². The van der Waals surface area contributed by atoms with Crippen molar-refractivity contribution < 1.29 is 4.79 Å². The normalized spacial score (nSPS) is 24.3. The molecule has 1 aliphatic carbocycles. The smallest absolute Gasteiger partial charge is 0.231 e. The summed E-state index contributed by atoms with van der Waals surface area (Å²) in [6.07, 6.45) is 5.86. The van der Waals surface area contributed by atoms with E-state index in [-0.39, 0.29) is 5.92 Å². The number of carbonyl (C=O) groups excluding carboxylic acids is 1. The second kappa shape index (κ2) is 4.62. The van der Waals surface area contributed by atoms with Crippen LogP contribution < -0.4 is 0 Å². The van der Waals surface area contributed by atoms with Crippen molar-refractivity contribution in [2.45, 2.75) is 32.1 Å². The zero-order valence-electron chi connectivity index (χ0n) is 8.20. The number of thiocarbonyl (C=S) groups is 1. The molecule has 2 aliphatic rings. The van der Waals surface area contributed by atoms with E-state index in [0.29, 0.717) is 5.91 Å². The maximum Gasteiger partial charge on any atom is 0.231 e. The fourth-order valence-corrected chi connectivity index (χ4v) is 3.38. The summed E-state index contributed by atoms with van der Waals surface area (Å²) in [6.45, 7) is 0.832. The summed E-state index contributed by atoms with van der Waals surface area (Å²) in [4.78, 5) is 13.9. The van der Waals surface area contributed by atoms with E-state index in [2.05, 4.69) is 0 Å². The van der Waals surface area contributed by atoms with Crippen LogP contribution in [0.2, 0.25) is 0 Å². The first-order chi connectivity index (χ1) is 6.79. The minimum atomic E-state index is 0.264. The van der Waals surface area contributed by atoms with Gasteiger partial charge in [-0.25, -0.2) is 0 Å². The van der Waals surface area contributed by atoms with Crippen LogP contribution in [0.25, 0.3) is 0 Å². The van der Waals surface area contributed by atoms with Crippen molar-refractivity contribution in [1.29, 1.82) is 0 Å². The number of hydrogen-bond acceptors (Lipinski definition) is 3. The second-order valence-corrected chi connectivity index (χ2v) is 5.67. The molecule has 2 fully saturated rings. The van der Waals surface area contributed by atoms with Gasteiger partial charge in [-0.05, 0) is 12.8 Å². The van der Waals surface area contributed by atoms with Gasteiger partial charge < -0.3 is 0 Å². The van der Waals surface area contributed by atoms with Crippen LogP contribution in [-0.4, -0.2) is 27.4 Å². The van der Waals surface area contributed by atoms with Crippen LogP contribution in [0.1, 0.15) is 32.1 Å². The molecule has 0 spiro atoms. The Labute approximate surface area is 94.4 Å². The molecule has 1 aliphatic heterocycles. The molecule has 1 heterocycles. The second-order valence-electron chi connectivity index (χ2n) is 3.94. The summed E-state index contributed by atoms with van der Waals surface area (Å²) in [7, 11) is 0. The third-order valence-electron chi connectivity index (χ3n) is 2.98. The predicted molar refractivity (Wildman–Crippen MR) is 63.3 cm³/mol. The number of hydrogen-bond donors (Lipinski definition) is 0. The largest absolute Gasteiger partial charge is 0.297 e. The standard InChI is InChI=1S/C10H15NOS2/c12-9(8-4-2-1-3-5-8)11-6-7-14-10(11)13/h8H,1-7H2.